The summed E-state index contributed by atoms with van der Waals surface area (Å²) in [5, 5.41) is 2.82. The largest absolute Gasteiger partial charge is 0.341 e. The highest BCUT2D eigenvalue weighted by Crippen LogP contribution is 2.11. The molecule has 0 spiro atoms. The van der Waals surface area contributed by atoms with E-state index in [1.165, 1.54) is 12.1 Å². The molecular formula is C23H28FN3O2. The van der Waals surface area contributed by atoms with E-state index in [0.29, 0.717) is 18.7 Å². The molecule has 1 heterocycles. The van der Waals surface area contributed by atoms with Crippen molar-refractivity contribution in [2.24, 2.45) is 0 Å². The number of aryl methyl sites for hydroxylation is 1. The lowest BCUT2D eigenvalue weighted by molar-refractivity contribution is -0.132. The topological polar surface area (TPSA) is 52.7 Å². The highest BCUT2D eigenvalue weighted by atomic mass is 19.1. The summed E-state index contributed by atoms with van der Waals surface area (Å²) in [4.78, 5) is 29.4. The fourth-order valence-electron chi connectivity index (χ4n) is 3.60. The Balaban J connectivity index is 1.52. The van der Waals surface area contributed by atoms with Crippen LogP contribution in [0, 0.1) is 12.7 Å². The maximum atomic E-state index is 13.1. The smallest absolute Gasteiger partial charge is 0.251 e. The molecule has 6 heteroatoms. The maximum Gasteiger partial charge on any atom is 0.251 e. The zero-order valence-corrected chi connectivity index (χ0v) is 17.0. The summed E-state index contributed by atoms with van der Waals surface area (Å²) >= 11 is 0. The van der Waals surface area contributed by atoms with Crippen LogP contribution in [0.4, 0.5) is 4.39 Å². The molecule has 5 nitrogen and oxygen atoms in total. The van der Waals surface area contributed by atoms with E-state index in [1.54, 1.807) is 25.1 Å². The Morgan fingerprint density at radius 3 is 2.55 bits per heavy atom. The van der Waals surface area contributed by atoms with Gasteiger partial charge in [-0.15, -0.1) is 0 Å². The van der Waals surface area contributed by atoms with Gasteiger partial charge in [0.1, 0.15) is 11.9 Å². The van der Waals surface area contributed by atoms with Gasteiger partial charge >= 0.3 is 0 Å². The first kappa shape index (κ1) is 21.0. The molecule has 2 amide bonds. The number of carbonyl (C=O) groups excluding carboxylic acids is 2. The molecule has 0 saturated carbocycles. The average molecular weight is 397 g/mol. The number of hydrogen-bond acceptors (Lipinski definition) is 3. The predicted molar refractivity (Wildman–Crippen MR) is 111 cm³/mol. The van der Waals surface area contributed by atoms with Crippen LogP contribution in [-0.4, -0.2) is 53.8 Å². The van der Waals surface area contributed by atoms with Crippen molar-refractivity contribution in [2.45, 2.75) is 32.9 Å². The molecule has 154 valence electrons. The van der Waals surface area contributed by atoms with Crippen LogP contribution in [0.15, 0.2) is 48.5 Å². The number of nitrogens with zero attached hydrogens (tertiary/aromatic N) is 2. The molecule has 1 N–H and O–H groups in total. The summed E-state index contributed by atoms with van der Waals surface area (Å²) < 4.78 is 13.1. The molecule has 0 bridgehead atoms. The summed E-state index contributed by atoms with van der Waals surface area (Å²) in [5.41, 5.74) is 2.63. The molecule has 3 rings (SSSR count). The molecule has 1 atom stereocenters. The van der Waals surface area contributed by atoms with Crippen molar-refractivity contribution in [1.82, 2.24) is 15.1 Å². The third-order valence-electron chi connectivity index (χ3n) is 5.22. The number of nitrogens with one attached hydrogen (secondary N) is 1. The minimum Gasteiger partial charge on any atom is -0.341 e. The number of carbonyl (C=O) groups is 2. The van der Waals surface area contributed by atoms with Crippen molar-refractivity contribution in [1.29, 1.82) is 0 Å². The number of halogens is 1. The van der Waals surface area contributed by atoms with Crippen LogP contribution in [-0.2, 0) is 11.3 Å². The third kappa shape index (κ3) is 5.87. The van der Waals surface area contributed by atoms with Crippen LogP contribution in [0.5, 0.6) is 0 Å². The van der Waals surface area contributed by atoms with Crippen molar-refractivity contribution >= 4 is 11.8 Å². The maximum absolute atomic E-state index is 13.1. The van der Waals surface area contributed by atoms with Crippen molar-refractivity contribution in [2.75, 3.05) is 26.2 Å². The molecule has 1 fully saturated rings. The van der Waals surface area contributed by atoms with E-state index in [-0.39, 0.29) is 17.6 Å². The predicted octanol–water partition coefficient (Wildman–Crippen LogP) is 2.99. The first-order valence-corrected chi connectivity index (χ1v) is 10.1. The van der Waals surface area contributed by atoms with E-state index < -0.39 is 6.04 Å². The molecule has 1 aliphatic heterocycles. The molecule has 2 aromatic carbocycles. The minimum absolute atomic E-state index is 0.0605. The van der Waals surface area contributed by atoms with Gasteiger partial charge < -0.3 is 10.2 Å². The van der Waals surface area contributed by atoms with Crippen molar-refractivity contribution in [3.8, 4) is 0 Å². The lowest BCUT2D eigenvalue weighted by atomic mass is 10.1. The van der Waals surface area contributed by atoms with Crippen LogP contribution in [0.3, 0.4) is 0 Å². The van der Waals surface area contributed by atoms with Crippen LogP contribution in [0.1, 0.15) is 34.8 Å². The van der Waals surface area contributed by atoms with Crippen LogP contribution in [0.2, 0.25) is 0 Å². The van der Waals surface area contributed by atoms with Gasteiger partial charge in [0, 0.05) is 38.3 Å². The third-order valence-corrected chi connectivity index (χ3v) is 5.22. The van der Waals surface area contributed by atoms with E-state index in [1.807, 2.05) is 30.0 Å². The van der Waals surface area contributed by atoms with Gasteiger partial charge in [0.15, 0.2) is 0 Å². The van der Waals surface area contributed by atoms with Gasteiger partial charge in [0.05, 0.1) is 0 Å². The summed E-state index contributed by atoms with van der Waals surface area (Å²) in [5.74, 6) is -0.528. The van der Waals surface area contributed by atoms with Gasteiger partial charge in [-0.25, -0.2) is 4.39 Å². The second-order valence-electron chi connectivity index (χ2n) is 7.65. The second-order valence-corrected chi connectivity index (χ2v) is 7.65. The van der Waals surface area contributed by atoms with Crippen molar-refractivity contribution in [3.63, 3.8) is 0 Å². The van der Waals surface area contributed by atoms with Crippen molar-refractivity contribution in [3.05, 3.63) is 71.0 Å². The number of rotatable bonds is 5. The highest BCUT2D eigenvalue weighted by Gasteiger charge is 2.24. The van der Waals surface area contributed by atoms with Gasteiger partial charge in [-0.05, 0) is 50.1 Å². The quantitative estimate of drug-likeness (QED) is 0.844. The highest BCUT2D eigenvalue weighted by molar-refractivity contribution is 5.97. The minimum atomic E-state index is -0.577. The Morgan fingerprint density at radius 2 is 1.83 bits per heavy atom. The Morgan fingerprint density at radius 1 is 1.07 bits per heavy atom. The summed E-state index contributed by atoms with van der Waals surface area (Å²) in [6.07, 6.45) is 0.867. The molecule has 1 saturated heterocycles. The molecule has 0 radical (unpaired) electrons. The molecule has 0 unspecified atom stereocenters. The van der Waals surface area contributed by atoms with Gasteiger partial charge in [0.25, 0.3) is 5.91 Å². The van der Waals surface area contributed by atoms with E-state index in [2.05, 4.69) is 10.2 Å². The van der Waals surface area contributed by atoms with Crippen LogP contribution >= 0.6 is 0 Å². The Kier molecular flexibility index (Phi) is 6.99. The lowest BCUT2D eigenvalue weighted by Crippen LogP contribution is -2.48. The number of benzene rings is 2. The lowest BCUT2D eigenvalue weighted by Gasteiger charge is -2.25. The first-order chi connectivity index (χ1) is 13.9. The summed E-state index contributed by atoms with van der Waals surface area (Å²) in [7, 11) is 0. The fourth-order valence-corrected chi connectivity index (χ4v) is 3.60. The molecule has 0 aromatic heterocycles. The molecule has 0 aliphatic carbocycles. The number of amides is 2. The average Bonchev–Trinajstić information content (AvgIpc) is 2.94. The molecular weight excluding hydrogens is 369 g/mol. The molecule has 2 aromatic rings. The Bertz CT molecular complexity index is 853. The van der Waals surface area contributed by atoms with Gasteiger partial charge in [-0.2, -0.15) is 0 Å². The fraction of sp³-hybridized carbons (Fsp3) is 0.391. The van der Waals surface area contributed by atoms with E-state index in [4.69, 9.17) is 0 Å². The van der Waals surface area contributed by atoms with Gasteiger partial charge in [0.2, 0.25) is 5.91 Å². The van der Waals surface area contributed by atoms with Gasteiger partial charge in [-0.1, -0.05) is 29.8 Å². The first-order valence-electron chi connectivity index (χ1n) is 10.1. The van der Waals surface area contributed by atoms with E-state index in [9.17, 15) is 14.0 Å². The number of hydrogen-bond donors (Lipinski definition) is 1. The normalized spacial score (nSPS) is 16.2. The Labute approximate surface area is 171 Å². The zero-order valence-electron chi connectivity index (χ0n) is 17.0. The van der Waals surface area contributed by atoms with Crippen molar-refractivity contribution < 1.29 is 14.0 Å². The van der Waals surface area contributed by atoms with E-state index >= 15 is 0 Å². The Hall–Kier alpha value is -2.73. The second kappa shape index (κ2) is 9.65. The van der Waals surface area contributed by atoms with Gasteiger partial charge in [-0.3, -0.25) is 14.5 Å². The SMILES string of the molecule is Cc1cccc(C(=O)N[C@@H](C)C(=O)N2CCCN(Cc3ccc(F)cc3)CC2)c1. The zero-order chi connectivity index (χ0) is 20.8. The molecule has 29 heavy (non-hydrogen) atoms. The summed E-state index contributed by atoms with van der Waals surface area (Å²) in [6, 6.07) is 13.3. The van der Waals surface area contributed by atoms with Crippen LogP contribution < -0.4 is 5.32 Å². The monoisotopic (exact) mass is 397 g/mol. The van der Waals surface area contributed by atoms with E-state index in [0.717, 1.165) is 37.2 Å². The molecule has 1 aliphatic rings. The summed E-state index contributed by atoms with van der Waals surface area (Å²) in [6.45, 7) is 7.32. The standard InChI is InChI=1S/C23H28FN3O2/c1-17-5-3-6-20(15-17)22(28)25-18(2)23(29)27-12-4-11-26(13-14-27)16-19-7-9-21(24)10-8-19/h3,5-10,15,18H,4,11-14,16H2,1-2H3,(H,25,28)/t18-/m0/s1. The van der Waals surface area contributed by atoms with Crippen LogP contribution in [0.25, 0.3) is 0 Å².